The second-order valence-corrected chi connectivity index (χ2v) is 4.15. The van der Waals surface area contributed by atoms with Gasteiger partial charge >= 0.3 is 5.97 Å². The molecule has 0 heterocycles. The van der Waals surface area contributed by atoms with E-state index in [9.17, 15) is 4.79 Å². The number of nitriles is 1. The van der Waals surface area contributed by atoms with Gasteiger partial charge in [0.25, 0.3) is 0 Å². The van der Waals surface area contributed by atoms with Crippen LogP contribution in [0.5, 0.6) is 0 Å². The van der Waals surface area contributed by atoms with Crippen molar-refractivity contribution in [2.24, 2.45) is 0 Å². The van der Waals surface area contributed by atoms with E-state index in [1.165, 1.54) is 0 Å². The molecule has 0 aliphatic carbocycles. The lowest BCUT2D eigenvalue weighted by molar-refractivity contribution is 0.0696. The van der Waals surface area contributed by atoms with Crippen LogP contribution in [0, 0.1) is 18.3 Å². The minimum Gasteiger partial charge on any atom is -0.478 e. The molecule has 0 aliphatic rings. The average molecular weight is 252 g/mol. The number of carboxylic acid groups (broad SMARTS) is 1. The highest BCUT2D eigenvalue weighted by Crippen LogP contribution is 2.20. The summed E-state index contributed by atoms with van der Waals surface area (Å²) >= 11 is 0. The maximum atomic E-state index is 10.9. The molecule has 4 heteroatoms. The number of nitrogens with zero attached hydrogens (tertiary/aromatic N) is 1. The normalized spacial score (nSPS) is 9.68. The van der Waals surface area contributed by atoms with Gasteiger partial charge in [-0.25, -0.2) is 4.79 Å². The van der Waals surface area contributed by atoms with Crippen LogP contribution in [0.15, 0.2) is 42.5 Å². The number of anilines is 2. The van der Waals surface area contributed by atoms with Crippen LogP contribution in [-0.4, -0.2) is 11.1 Å². The summed E-state index contributed by atoms with van der Waals surface area (Å²) in [6.45, 7) is 1.76. The molecule has 4 nitrogen and oxygen atoms in total. The Morgan fingerprint density at radius 3 is 2.32 bits per heavy atom. The SMILES string of the molecule is Cc1cc(Nc2ccc(C#N)cc2)ccc1C(=O)O. The maximum Gasteiger partial charge on any atom is 0.335 e. The van der Waals surface area contributed by atoms with E-state index in [1.807, 2.05) is 0 Å². The van der Waals surface area contributed by atoms with E-state index in [0.29, 0.717) is 16.7 Å². The number of aryl methyl sites for hydroxylation is 1. The fourth-order valence-electron chi connectivity index (χ4n) is 1.78. The number of benzene rings is 2. The molecule has 94 valence electrons. The molecule has 0 fully saturated rings. The predicted octanol–water partition coefficient (Wildman–Crippen LogP) is 3.31. The number of hydrogen-bond acceptors (Lipinski definition) is 3. The third-order valence-electron chi connectivity index (χ3n) is 2.76. The molecule has 19 heavy (non-hydrogen) atoms. The zero-order chi connectivity index (χ0) is 13.8. The van der Waals surface area contributed by atoms with Crippen molar-refractivity contribution < 1.29 is 9.90 Å². The van der Waals surface area contributed by atoms with Crippen molar-refractivity contribution in [1.29, 1.82) is 5.26 Å². The van der Waals surface area contributed by atoms with E-state index < -0.39 is 5.97 Å². The standard InChI is InChI=1S/C15H12N2O2/c1-10-8-13(6-7-14(10)15(18)19)17-12-4-2-11(9-16)3-5-12/h2-8,17H,1H3,(H,18,19). The third kappa shape index (κ3) is 2.90. The number of carboxylic acids is 1. The Kier molecular flexibility index (Phi) is 3.48. The van der Waals surface area contributed by atoms with Crippen LogP contribution < -0.4 is 5.32 Å². The Balaban J connectivity index is 2.21. The molecule has 2 rings (SSSR count). The van der Waals surface area contributed by atoms with Gasteiger partial charge in [0.05, 0.1) is 17.2 Å². The minimum absolute atomic E-state index is 0.297. The van der Waals surface area contributed by atoms with Crippen LogP contribution in [0.4, 0.5) is 11.4 Å². The van der Waals surface area contributed by atoms with Crippen LogP contribution in [0.1, 0.15) is 21.5 Å². The largest absolute Gasteiger partial charge is 0.478 e. The molecule has 0 aliphatic heterocycles. The zero-order valence-corrected chi connectivity index (χ0v) is 10.3. The molecule has 0 aromatic heterocycles. The van der Waals surface area contributed by atoms with Gasteiger partial charge in [0.1, 0.15) is 0 Å². The van der Waals surface area contributed by atoms with E-state index >= 15 is 0 Å². The smallest absolute Gasteiger partial charge is 0.335 e. The summed E-state index contributed by atoms with van der Waals surface area (Å²) in [5.41, 5.74) is 3.26. The molecule has 0 bridgehead atoms. The number of nitrogens with one attached hydrogen (secondary N) is 1. The predicted molar refractivity (Wildman–Crippen MR) is 72.6 cm³/mol. The van der Waals surface area contributed by atoms with E-state index in [-0.39, 0.29) is 0 Å². The Morgan fingerprint density at radius 1 is 1.16 bits per heavy atom. The molecular formula is C15H12N2O2. The lowest BCUT2D eigenvalue weighted by atomic mass is 10.1. The zero-order valence-electron chi connectivity index (χ0n) is 10.3. The summed E-state index contributed by atoms with van der Waals surface area (Å²) in [6, 6.07) is 14.2. The first kappa shape index (κ1) is 12.7. The first-order valence-electron chi connectivity index (χ1n) is 5.71. The van der Waals surface area contributed by atoms with Crippen LogP contribution in [-0.2, 0) is 0 Å². The van der Waals surface area contributed by atoms with Gasteiger partial charge in [0.15, 0.2) is 0 Å². The van der Waals surface area contributed by atoms with Crippen molar-refractivity contribution in [3.8, 4) is 6.07 Å². The van der Waals surface area contributed by atoms with E-state index in [0.717, 1.165) is 11.4 Å². The maximum absolute atomic E-state index is 10.9. The van der Waals surface area contributed by atoms with E-state index in [1.54, 1.807) is 49.4 Å². The first-order chi connectivity index (χ1) is 9.10. The second-order valence-electron chi connectivity index (χ2n) is 4.15. The summed E-state index contributed by atoms with van der Waals surface area (Å²) in [6.07, 6.45) is 0. The van der Waals surface area contributed by atoms with Crippen LogP contribution >= 0.6 is 0 Å². The number of aromatic carboxylic acids is 1. The fourth-order valence-corrected chi connectivity index (χ4v) is 1.78. The van der Waals surface area contributed by atoms with Gasteiger partial charge in [0, 0.05) is 11.4 Å². The van der Waals surface area contributed by atoms with Gasteiger partial charge in [-0.1, -0.05) is 0 Å². The summed E-state index contributed by atoms with van der Waals surface area (Å²) in [7, 11) is 0. The molecule has 0 spiro atoms. The van der Waals surface area contributed by atoms with Gasteiger partial charge in [-0.2, -0.15) is 5.26 Å². The van der Waals surface area contributed by atoms with Crippen LogP contribution in [0.3, 0.4) is 0 Å². The summed E-state index contributed by atoms with van der Waals surface area (Å²) < 4.78 is 0. The Labute approximate surface area is 110 Å². The van der Waals surface area contributed by atoms with Gasteiger partial charge < -0.3 is 10.4 Å². The lowest BCUT2D eigenvalue weighted by Crippen LogP contribution is -2.00. The van der Waals surface area contributed by atoms with Crippen LogP contribution in [0.2, 0.25) is 0 Å². The molecule has 0 atom stereocenters. The van der Waals surface area contributed by atoms with Crippen molar-refractivity contribution in [2.45, 2.75) is 6.92 Å². The van der Waals surface area contributed by atoms with E-state index in [4.69, 9.17) is 10.4 Å². The lowest BCUT2D eigenvalue weighted by Gasteiger charge is -2.08. The molecule has 0 unspecified atom stereocenters. The molecule has 2 aromatic carbocycles. The molecule has 0 saturated heterocycles. The Morgan fingerprint density at radius 2 is 1.79 bits per heavy atom. The first-order valence-corrected chi connectivity index (χ1v) is 5.71. The molecule has 0 radical (unpaired) electrons. The highest BCUT2D eigenvalue weighted by molar-refractivity contribution is 5.90. The summed E-state index contributed by atoms with van der Waals surface area (Å²) in [5.74, 6) is -0.928. The highest BCUT2D eigenvalue weighted by Gasteiger charge is 2.07. The Hall–Kier alpha value is -2.80. The van der Waals surface area contributed by atoms with Crippen LogP contribution in [0.25, 0.3) is 0 Å². The minimum atomic E-state index is -0.928. The Bertz CT molecular complexity index is 655. The van der Waals surface area contributed by atoms with E-state index in [2.05, 4.69) is 11.4 Å². The van der Waals surface area contributed by atoms with Crippen molar-refractivity contribution in [1.82, 2.24) is 0 Å². The molecule has 0 saturated carbocycles. The number of hydrogen-bond donors (Lipinski definition) is 2. The molecule has 2 N–H and O–H groups in total. The van der Waals surface area contributed by atoms with Gasteiger partial charge in [-0.15, -0.1) is 0 Å². The van der Waals surface area contributed by atoms with Crippen molar-refractivity contribution in [2.75, 3.05) is 5.32 Å². The van der Waals surface area contributed by atoms with Crippen molar-refractivity contribution in [3.05, 3.63) is 59.2 Å². The molecule has 0 amide bonds. The van der Waals surface area contributed by atoms with Crippen molar-refractivity contribution in [3.63, 3.8) is 0 Å². The van der Waals surface area contributed by atoms with Crippen molar-refractivity contribution >= 4 is 17.3 Å². The number of rotatable bonds is 3. The topological polar surface area (TPSA) is 73.1 Å². The monoisotopic (exact) mass is 252 g/mol. The second kappa shape index (κ2) is 5.23. The summed E-state index contributed by atoms with van der Waals surface area (Å²) in [4.78, 5) is 10.9. The third-order valence-corrected chi connectivity index (χ3v) is 2.76. The number of carbonyl (C=O) groups is 1. The summed E-state index contributed by atoms with van der Waals surface area (Å²) in [5, 5.41) is 20.8. The fraction of sp³-hybridized carbons (Fsp3) is 0.0667. The average Bonchev–Trinajstić information content (AvgIpc) is 2.39. The van der Waals surface area contributed by atoms with Gasteiger partial charge in [-0.05, 0) is 55.0 Å². The highest BCUT2D eigenvalue weighted by atomic mass is 16.4. The van der Waals surface area contributed by atoms with Gasteiger partial charge in [0.2, 0.25) is 0 Å². The molecular weight excluding hydrogens is 240 g/mol. The van der Waals surface area contributed by atoms with Gasteiger partial charge in [-0.3, -0.25) is 0 Å². The quantitative estimate of drug-likeness (QED) is 0.878. The molecule has 2 aromatic rings.